The quantitative estimate of drug-likeness (QED) is 0.718. The van der Waals surface area contributed by atoms with E-state index < -0.39 is 17.3 Å². The second kappa shape index (κ2) is 3.17. The molecule has 4 nitrogen and oxygen atoms in total. The van der Waals surface area contributed by atoms with E-state index in [1.807, 2.05) is 0 Å². The minimum Gasteiger partial charge on any atom is -0.481 e. The molecule has 1 aromatic rings. The van der Waals surface area contributed by atoms with Crippen LogP contribution in [-0.2, 0) is 0 Å². The number of hydrogen-bond acceptors (Lipinski definition) is 3. The van der Waals surface area contributed by atoms with Crippen LogP contribution in [0.25, 0.3) is 0 Å². The zero-order chi connectivity index (χ0) is 9.14. The molecule has 0 aliphatic carbocycles. The van der Waals surface area contributed by atoms with E-state index in [2.05, 4.69) is 9.72 Å². The maximum Gasteiger partial charge on any atom is 0.340 e. The predicted octanol–water partition coefficient (Wildman–Crippen LogP) is 0.927. The number of aromatic carboxylic acids is 1. The molecule has 0 bridgehead atoms. The number of methoxy groups -OCH3 is 1. The third-order valence-electron chi connectivity index (χ3n) is 1.27. The summed E-state index contributed by atoms with van der Waals surface area (Å²) < 4.78 is 17.4. The number of carboxylic acid groups (broad SMARTS) is 1. The van der Waals surface area contributed by atoms with Gasteiger partial charge in [0, 0.05) is 12.3 Å². The van der Waals surface area contributed by atoms with Crippen molar-refractivity contribution in [3.63, 3.8) is 0 Å². The number of hydrogen-bond donors (Lipinski definition) is 1. The lowest BCUT2D eigenvalue weighted by Crippen LogP contribution is -2.02. The normalized spacial score (nSPS) is 9.50. The first-order chi connectivity index (χ1) is 5.65. The molecule has 1 rings (SSSR count). The molecule has 1 heterocycles. The topological polar surface area (TPSA) is 59.4 Å². The van der Waals surface area contributed by atoms with E-state index in [0.29, 0.717) is 0 Å². The van der Waals surface area contributed by atoms with Crippen LogP contribution in [-0.4, -0.2) is 23.2 Å². The Kier molecular flexibility index (Phi) is 2.23. The van der Waals surface area contributed by atoms with E-state index in [-0.39, 0.29) is 5.88 Å². The van der Waals surface area contributed by atoms with Gasteiger partial charge in [-0.3, -0.25) is 0 Å². The lowest BCUT2D eigenvalue weighted by molar-refractivity contribution is 0.0691. The predicted molar refractivity (Wildman–Crippen MR) is 37.7 cm³/mol. The Morgan fingerprint density at radius 2 is 2.42 bits per heavy atom. The average molecular weight is 171 g/mol. The Bertz CT molecular complexity index is 314. The number of carbonyl (C=O) groups is 1. The van der Waals surface area contributed by atoms with Crippen molar-refractivity contribution in [1.82, 2.24) is 4.98 Å². The minimum atomic E-state index is -1.34. The summed E-state index contributed by atoms with van der Waals surface area (Å²) in [5, 5.41) is 8.41. The van der Waals surface area contributed by atoms with E-state index in [1.165, 1.54) is 7.11 Å². The fraction of sp³-hybridized carbons (Fsp3) is 0.143. The summed E-state index contributed by atoms with van der Waals surface area (Å²) >= 11 is 0. The van der Waals surface area contributed by atoms with Crippen molar-refractivity contribution in [3.8, 4) is 5.88 Å². The molecule has 0 unspecified atom stereocenters. The van der Waals surface area contributed by atoms with Crippen LogP contribution < -0.4 is 4.74 Å². The van der Waals surface area contributed by atoms with Gasteiger partial charge in [-0.15, -0.1) is 0 Å². The standard InChI is InChI=1S/C7H6FNO3/c1-12-6-2-5(8)4(3-9-6)7(10)11/h2-3H,1H3,(H,10,11). The summed E-state index contributed by atoms with van der Waals surface area (Å²) in [5.41, 5.74) is -0.462. The molecule has 0 aliphatic heterocycles. The van der Waals surface area contributed by atoms with Crippen LogP contribution in [0.3, 0.4) is 0 Å². The zero-order valence-electron chi connectivity index (χ0n) is 6.24. The van der Waals surface area contributed by atoms with Gasteiger partial charge in [0.1, 0.15) is 11.4 Å². The van der Waals surface area contributed by atoms with Gasteiger partial charge in [-0.2, -0.15) is 0 Å². The molecule has 0 saturated carbocycles. The lowest BCUT2D eigenvalue weighted by atomic mass is 10.3. The Morgan fingerprint density at radius 3 is 2.83 bits per heavy atom. The number of aromatic nitrogens is 1. The molecule has 0 spiro atoms. The second-order valence-electron chi connectivity index (χ2n) is 2.01. The molecule has 64 valence electrons. The SMILES string of the molecule is COc1cc(F)c(C(=O)O)cn1. The molecule has 0 aromatic carbocycles. The average Bonchev–Trinajstić information content (AvgIpc) is 2.03. The highest BCUT2D eigenvalue weighted by Gasteiger charge is 2.11. The molecule has 0 radical (unpaired) electrons. The Morgan fingerprint density at radius 1 is 1.75 bits per heavy atom. The van der Waals surface area contributed by atoms with Gasteiger partial charge in [-0.25, -0.2) is 14.2 Å². The van der Waals surface area contributed by atoms with Crippen molar-refractivity contribution in [2.75, 3.05) is 7.11 Å². The molecular formula is C7H6FNO3. The Labute approximate surface area is 67.6 Å². The first-order valence-electron chi connectivity index (χ1n) is 3.08. The highest BCUT2D eigenvalue weighted by Crippen LogP contribution is 2.11. The van der Waals surface area contributed by atoms with Gasteiger partial charge >= 0.3 is 5.97 Å². The summed E-state index contributed by atoms with van der Waals surface area (Å²) in [4.78, 5) is 13.8. The first kappa shape index (κ1) is 8.45. The molecule has 1 aromatic heterocycles. The van der Waals surface area contributed by atoms with Gasteiger partial charge in [0.05, 0.1) is 7.11 Å². The van der Waals surface area contributed by atoms with Gasteiger partial charge < -0.3 is 9.84 Å². The van der Waals surface area contributed by atoms with Gasteiger partial charge in [0.15, 0.2) is 0 Å². The van der Waals surface area contributed by atoms with Crippen molar-refractivity contribution in [3.05, 3.63) is 23.6 Å². The maximum absolute atomic E-state index is 12.8. The van der Waals surface area contributed by atoms with Gasteiger partial charge in [0.2, 0.25) is 5.88 Å². The van der Waals surface area contributed by atoms with Crippen LogP contribution >= 0.6 is 0 Å². The van der Waals surface area contributed by atoms with Gasteiger partial charge in [-0.1, -0.05) is 0 Å². The van der Waals surface area contributed by atoms with Crippen molar-refractivity contribution >= 4 is 5.97 Å². The summed E-state index contributed by atoms with van der Waals surface area (Å²) in [5.74, 6) is -2.14. The number of pyridine rings is 1. The van der Waals surface area contributed by atoms with Crippen molar-refractivity contribution in [2.45, 2.75) is 0 Å². The molecule has 0 aliphatic rings. The summed E-state index contributed by atoms with van der Waals surface area (Å²) in [7, 11) is 1.32. The smallest absolute Gasteiger partial charge is 0.340 e. The summed E-state index contributed by atoms with van der Waals surface area (Å²) in [6, 6.07) is 0.920. The third kappa shape index (κ3) is 1.50. The van der Waals surface area contributed by atoms with E-state index in [0.717, 1.165) is 12.3 Å². The number of halogens is 1. The highest BCUT2D eigenvalue weighted by molar-refractivity contribution is 5.87. The number of nitrogens with zero attached hydrogens (tertiary/aromatic N) is 1. The summed E-state index contributed by atoms with van der Waals surface area (Å²) in [6.45, 7) is 0. The van der Waals surface area contributed by atoms with Crippen LogP contribution in [0.1, 0.15) is 10.4 Å². The van der Waals surface area contributed by atoms with Crippen LogP contribution in [0.2, 0.25) is 0 Å². The molecule has 0 amide bonds. The van der Waals surface area contributed by atoms with E-state index in [9.17, 15) is 9.18 Å². The lowest BCUT2D eigenvalue weighted by Gasteiger charge is -1.99. The van der Waals surface area contributed by atoms with Crippen LogP contribution in [0.15, 0.2) is 12.3 Å². The minimum absolute atomic E-state index is 0.0532. The van der Waals surface area contributed by atoms with Crippen LogP contribution in [0, 0.1) is 5.82 Å². The zero-order valence-corrected chi connectivity index (χ0v) is 6.24. The maximum atomic E-state index is 12.8. The first-order valence-corrected chi connectivity index (χ1v) is 3.08. The number of ether oxygens (including phenoxy) is 1. The fourth-order valence-electron chi connectivity index (χ4n) is 0.682. The molecule has 0 atom stereocenters. The van der Waals surface area contributed by atoms with Crippen LogP contribution in [0.5, 0.6) is 5.88 Å². The van der Waals surface area contributed by atoms with Crippen molar-refractivity contribution < 1.29 is 19.0 Å². The fourth-order valence-corrected chi connectivity index (χ4v) is 0.682. The number of carboxylic acids is 1. The van der Waals surface area contributed by atoms with Gasteiger partial charge in [0.25, 0.3) is 0 Å². The van der Waals surface area contributed by atoms with Crippen molar-refractivity contribution in [1.29, 1.82) is 0 Å². The highest BCUT2D eigenvalue weighted by atomic mass is 19.1. The Balaban J connectivity index is 3.12. The summed E-state index contributed by atoms with van der Waals surface area (Å²) in [6.07, 6.45) is 0.913. The molecular weight excluding hydrogens is 165 g/mol. The third-order valence-corrected chi connectivity index (χ3v) is 1.27. The molecule has 0 fully saturated rings. The second-order valence-corrected chi connectivity index (χ2v) is 2.01. The Hall–Kier alpha value is -1.65. The van der Waals surface area contributed by atoms with Crippen molar-refractivity contribution in [2.24, 2.45) is 0 Å². The van der Waals surface area contributed by atoms with E-state index in [4.69, 9.17) is 5.11 Å². The van der Waals surface area contributed by atoms with Crippen LogP contribution in [0.4, 0.5) is 4.39 Å². The molecule has 1 N–H and O–H groups in total. The van der Waals surface area contributed by atoms with Gasteiger partial charge in [-0.05, 0) is 0 Å². The molecule has 0 saturated heterocycles. The monoisotopic (exact) mass is 171 g/mol. The largest absolute Gasteiger partial charge is 0.481 e. The number of rotatable bonds is 2. The molecule has 12 heavy (non-hydrogen) atoms. The molecule has 5 heteroatoms. The van der Waals surface area contributed by atoms with E-state index in [1.54, 1.807) is 0 Å². The van der Waals surface area contributed by atoms with E-state index >= 15 is 0 Å².